The Labute approximate surface area is 101 Å². The number of rotatable bonds is 3. The van der Waals surface area contributed by atoms with Crippen LogP contribution in [0.3, 0.4) is 0 Å². The molecule has 0 aliphatic carbocycles. The normalized spacial score (nSPS) is 10.2. The van der Waals surface area contributed by atoms with E-state index in [1.54, 1.807) is 12.1 Å². The summed E-state index contributed by atoms with van der Waals surface area (Å²) >= 11 is 0. The first kappa shape index (κ1) is 11.3. The highest BCUT2D eigenvalue weighted by Crippen LogP contribution is 2.24. The zero-order valence-electron chi connectivity index (χ0n) is 9.77. The Hall–Kier alpha value is -2.16. The Bertz CT molecular complexity index is 509. The fraction of sp³-hybridized carbons (Fsp3) is 0.143. The van der Waals surface area contributed by atoms with Gasteiger partial charge in [-0.25, -0.2) is 0 Å². The largest absolute Gasteiger partial charge is 0.508 e. The van der Waals surface area contributed by atoms with E-state index in [-0.39, 0.29) is 5.75 Å². The zero-order valence-corrected chi connectivity index (χ0v) is 9.77. The topological polar surface area (TPSA) is 58.3 Å². The number of anilines is 2. The van der Waals surface area contributed by atoms with Gasteiger partial charge in [-0.1, -0.05) is 18.2 Å². The van der Waals surface area contributed by atoms with Crippen molar-refractivity contribution in [3.05, 3.63) is 53.6 Å². The lowest BCUT2D eigenvalue weighted by Crippen LogP contribution is -2.01. The minimum Gasteiger partial charge on any atom is -0.508 e. The molecule has 4 N–H and O–H groups in total. The Balaban J connectivity index is 2.12. The van der Waals surface area contributed by atoms with Gasteiger partial charge < -0.3 is 16.2 Å². The number of phenolic OH excluding ortho intramolecular Hbond substituents is 1. The van der Waals surface area contributed by atoms with Crippen LogP contribution in [-0.4, -0.2) is 5.11 Å². The number of para-hydroxylation sites is 1. The molecule has 0 spiro atoms. The lowest BCUT2D eigenvalue weighted by molar-refractivity contribution is 0.469. The van der Waals surface area contributed by atoms with Crippen LogP contribution in [0.5, 0.6) is 5.75 Å². The average Bonchev–Trinajstić information content (AvgIpc) is 2.33. The van der Waals surface area contributed by atoms with Crippen molar-refractivity contribution in [1.82, 2.24) is 0 Å². The van der Waals surface area contributed by atoms with Gasteiger partial charge in [0.2, 0.25) is 0 Å². The first-order chi connectivity index (χ1) is 8.16. The first-order valence-corrected chi connectivity index (χ1v) is 5.53. The molecule has 2 rings (SSSR count). The van der Waals surface area contributed by atoms with Gasteiger partial charge in [-0.05, 0) is 36.8 Å². The maximum Gasteiger partial charge on any atom is 0.120 e. The second-order valence-electron chi connectivity index (χ2n) is 4.06. The predicted octanol–water partition coefficient (Wildman–Crippen LogP) is 2.89. The fourth-order valence-corrected chi connectivity index (χ4v) is 1.65. The van der Waals surface area contributed by atoms with Crippen LogP contribution < -0.4 is 11.1 Å². The minimum absolute atomic E-state index is 0.278. The Morgan fingerprint density at radius 2 is 1.88 bits per heavy atom. The molecule has 0 saturated carbocycles. The molecule has 17 heavy (non-hydrogen) atoms. The lowest BCUT2D eigenvalue weighted by atomic mass is 10.1. The number of nitrogen functional groups attached to an aromatic ring is 1. The van der Waals surface area contributed by atoms with Gasteiger partial charge in [0, 0.05) is 23.5 Å². The molecule has 0 aliphatic rings. The van der Waals surface area contributed by atoms with E-state index < -0.39 is 0 Å². The standard InChI is InChI=1S/C14H16N2O/c1-10-7-14(17)11(8-13(10)15)9-16-12-5-3-2-4-6-12/h2-8,16-17H,9,15H2,1H3. The van der Waals surface area contributed by atoms with E-state index in [4.69, 9.17) is 5.73 Å². The van der Waals surface area contributed by atoms with Crippen LogP contribution in [0.4, 0.5) is 11.4 Å². The number of benzene rings is 2. The molecule has 0 aromatic heterocycles. The van der Waals surface area contributed by atoms with E-state index in [1.165, 1.54) is 0 Å². The molecule has 0 radical (unpaired) electrons. The monoisotopic (exact) mass is 228 g/mol. The number of hydrogen-bond donors (Lipinski definition) is 3. The number of nitrogens with one attached hydrogen (secondary N) is 1. The average molecular weight is 228 g/mol. The van der Waals surface area contributed by atoms with Gasteiger partial charge in [0.25, 0.3) is 0 Å². The molecule has 0 atom stereocenters. The van der Waals surface area contributed by atoms with Gasteiger partial charge in [0.05, 0.1) is 0 Å². The number of hydrogen-bond acceptors (Lipinski definition) is 3. The maximum absolute atomic E-state index is 9.80. The molecule has 0 bridgehead atoms. The molecule has 0 heterocycles. The molecule has 0 unspecified atom stereocenters. The van der Waals surface area contributed by atoms with Crippen molar-refractivity contribution < 1.29 is 5.11 Å². The quantitative estimate of drug-likeness (QED) is 0.559. The second-order valence-corrected chi connectivity index (χ2v) is 4.06. The maximum atomic E-state index is 9.80. The van der Waals surface area contributed by atoms with Gasteiger partial charge in [0.1, 0.15) is 5.75 Å². The van der Waals surface area contributed by atoms with Crippen molar-refractivity contribution in [2.24, 2.45) is 0 Å². The Morgan fingerprint density at radius 1 is 1.18 bits per heavy atom. The molecular formula is C14H16N2O. The van der Waals surface area contributed by atoms with Crippen molar-refractivity contribution in [1.29, 1.82) is 0 Å². The zero-order chi connectivity index (χ0) is 12.3. The van der Waals surface area contributed by atoms with Crippen LogP contribution in [-0.2, 0) is 6.54 Å². The molecular weight excluding hydrogens is 212 g/mol. The summed E-state index contributed by atoms with van der Waals surface area (Å²) in [5.74, 6) is 0.278. The lowest BCUT2D eigenvalue weighted by Gasteiger charge is -2.10. The van der Waals surface area contributed by atoms with Gasteiger partial charge in [0.15, 0.2) is 0 Å². The molecule has 3 nitrogen and oxygen atoms in total. The highest BCUT2D eigenvalue weighted by molar-refractivity contribution is 5.55. The van der Waals surface area contributed by atoms with E-state index in [1.807, 2.05) is 37.3 Å². The predicted molar refractivity (Wildman–Crippen MR) is 71.0 cm³/mol. The Kier molecular flexibility index (Phi) is 3.19. The third kappa shape index (κ3) is 2.69. The number of aryl methyl sites for hydroxylation is 1. The van der Waals surface area contributed by atoms with Crippen LogP contribution >= 0.6 is 0 Å². The van der Waals surface area contributed by atoms with Crippen molar-refractivity contribution in [2.75, 3.05) is 11.1 Å². The highest BCUT2D eigenvalue weighted by atomic mass is 16.3. The molecule has 2 aromatic carbocycles. The summed E-state index contributed by atoms with van der Waals surface area (Å²) in [6, 6.07) is 13.4. The summed E-state index contributed by atoms with van der Waals surface area (Å²) in [6.45, 7) is 2.43. The van der Waals surface area contributed by atoms with Gasteiger partial charge in [-0.2, -0.15) is 0 Å². The van der Waals surface area contributed by atoms with Crippen LogP contribution in [0, 0.1) is 6.92 Å². The van der Waals surface area contributed by atoms with Gasteiger partial charge >= 0.3 is 0 Å². The molecule has 88 valence electrons. The third-order valence-corrected chi connectivity index (χ3v) is 2.72. The summed E-state index contributed by atoms with van der Waals surface area (Å²) in [5, 5.41) is 13.0. The molecule has 0 amide bonds. The van der Waals surface area contributed by atoms with Gasteiger partial charge in [-0.3, -0.25) is 0 Å². The summed E-state index contributed by atoms with van der Waals surface area (Å²) in [5.41, 5.74) is 9.24. The first-order valence-electron chi connectivity index (χ1n) is 5.53. The number of aromatic hydroxyl groups is 1. The summed E-state index contributed by atoms with van der Waals surface area (Å²) in [6.07, 6.45) is 0. The smallest absolute Gasteiger partial charge is 0.120 e. The van der Waals surface area contributed by atoms with E-state index in [2.05, 4.69) is 5.32 Å². The SMILES string of the molecule is Cc1cc(O)c(CNc2ccccc2)cc1N. The molecule has 3 heteroatoms. The summed E-state index contributed by atoms with van der Waals surface area (Å²) in [4.78, 5) is 0. The fourth-order valence-electron chi connectivity index (χ4n) is 1.65. The van der Waals surface area contributed by atoms with E-state index in [0.29, 0.717) is 12.2 Å². The number of phenols is 1. The third-order valence-electron chi connectivity index (χ3n) is 2.72. The van der Waals surface area contributed by atoms with Crippen LogP contribution in [0.1, 0.15) is 11.1 Å². The van der Waals surface area contributed by atoms with Crippen LogP contribution in [0.25, 0.3) is 0 Å². The van der Waals surface area contributed by atoms with E-state index >= 15 is 0 Å². The van der Waals surface area contributed by atoms with E-state index in [9.17, 15) is 5.11 Å². The van der Waals surface area contributed by atoms with Crippen molar-refractivity contribution in [3.8, 4) is 5.75 Å². The molecule has 0 aliphatic heterocycles. The molecule has 0 saturated heterocycles. The highest BCUT2D eigenvalue weighted by Gasteiger charge is 2.04. The van der Waals surface area contributed by atoms with Crippen molar-refractivity contribution in [3.63, 3.8) is 0 Å². The number of nitrogens with two attached hydrogens (primary N) is 1. The minimum atomic E-state index is 0.278. The van der Waals surface area contributed by atoms with Crippen LogP contribution in [0.2, 0.25) is 0 Å². The molecule has 0 fully saturated rings. The van der Waals surface area contributed by atoms with Crippen LogP contribution in [0.15, 0.2) is 42.5 Å². The van der Waals surface area contributed by atoms with Gasteiger partial charge in [-0.15, -0.1) is 0 Å². The molecule has 2 aromatic rings. The summed E-state index contributed by atoms with van der Waals surface area (Å²) < 4.78 is 0. The van der Waals surface area contributed by atoms with Crippen molar-refractivity contribution >= 4 is 11.4 Å². The summed E-state index contributed by atoms with van der Waals surface area (Å²) in [7, 11) is 0. The van der Waals surface area contributed by atoms with E-state index in [0.717, 1.165) is 16.8 Å². The second kappa shape index (κ2) is 4.78. The van der Waals surface area contributed by atoms with Crippen molar-refractivity contribution in [2.45, 2.75) is 13.5 Å². The Morgan fingerprint density at radius 3 is 2.59 bits per heavy atom.